The zero-order valence-electron chi connectivity index (χ0n) is 11.3. The fraction of sp³-hybridized carbons (Fsp3) is 0.286. The number of hydrogen-bond donors (Lipinski definition) is 2. The topological polar surface area (TPSA) is 68.0 Å². The second-order valence-electron chi connectivity index (χ2n) is 4.57. The van der Waals surface area contributed by atoms with Crippen molar-refractivity contribution in [2.75, 3.05) is 5.32 Å². The summed E-state index contributed by atoms with van der Waals surface area (Å²) in [6.45, 7) is 3.56. The van der Waals surface area contributed by atoms with Gasteiger partial charge in [0.1, 0.15) is 0 Å². The Morgan fingerprint density at radius 3 is 2.85 bits per heavy atom. The zero-order valence-corrected chi connectivity index (χ0v) is 12.9. The van der Waals surface area contributed by atoms with Crippen LogP contribution in [-0.4, -0.2) is 16.9 Å². The van der Waals surface area contributed by atoms with Crippen LogP contribution >= 0.6 is 22.9 Å². The molecule has 106 valence electrons. The number of rotatable bonds is 4. The SMILES string of the molecule is Cc1nc(NC(=O)[C@@H](C)N)sc1Cc1ccccc1Cl. The fourth-order valence-corrected chi connectivity index (χ4v) is 2.87. The minimum atomic E-state index is -0.550. The number of halogens is 1. The van der Waals surface area contributed by atoms with Gasteiger partial charge in [-0.15, -0.1) is 11.3 Å². The molecule has 1 heterocycles. The lowest BCUT2D eigenvalue weighted by Crippen LogP contribution is -2.32. The highest BCUT2D eigenvalue weighted by molar-refractivity contribution is 7.15. The number of nitrogens with two attached hydrogens (primary N) is 1. The van der Waals surface area contributed by atoms with Crippen LogP contribution in [0.3, 0.4) is 0 Å². The maximum atomic E-state index is 11.6. The standard InChI is InChI=1S/C14H16ClN3OS/c1-8(16)13(19)18-14-17-9(2)12(20-14)7-10-5-3-4-6-11(10)15/h3-6,8H,7,16H2,1-2H3,(H,17,18,19)/t8-/m1/s1. The number of thiazole rings is 1. The van der Waals surface area contributed by atoms with E-state index in [0.29, 0.717) is 11.6 Å². The van der Waals surface area contributed by atoms with Gasteiger partial charge in [0.2, 0.25) is 5.91 Å². The van der Waals surface area contributed by atoms with E-state index >= 15 is 0 Å². The monoisotopic (exact) mass is 309 g/mol. The number of anilines is 1. The third-order valence-electron chi connectivity index (χ3n) is 2.85. The summed E-state index contributed by atoms with van der Waals surface area (Å²) < 4.78 is 0. The van der Waals surface area contributed by atoms with Gasteiger partial charge in [-0.25, -0.2) is 4.98 Å². The molecule has 1 amide bonds. The third kappa shape index (κ3) is 3.56. The van der Waals surface area contributed by atoms with Gasteiger partial charge in [0.25, 0.3) is 0 Å². The number of nitrogens with zero attached hydrogens (tertiary/aromatic N) is 1. The first-order valence-corrected chi connectivity index (χ1v) is 7.43. The molecule has 0 aliphatic rings. The van der Waals surface area contributed by atoms with Gasteiger partial charge in [-0.3, -0.25) is 4.79 Å². The number of hydrogen-bond acceptors (Lipinski definition) is 4. The van der Waals surface area contributed by atoms with Crippen molar-refractivity contribution in [3.05, 3.63) is 45.4 Å². The Hall–Kier alpha value is -1.43. The first-order valence-electron chi connectivity index (χ1n) is 6.23. The highest BCUT2D eigenvalue weighted by Crippen LogP contribution is 2.27. The highest BCUT2D eigenvalue weighted by Gasteiger charge is 2.13. The van der Waals surface area contributed by atoms with Crippen molar-refractivity contribution in [3.8, 4) is 0 Å². The zero-order chi connectivity index (χ0) is 14.7. The summed E-state index contributed by atoms with van der Waals surface area (Å²) in [5.41, 5.74) is 7.46. The molecule has 0 aliphatic heterocycles. The van der Waals surface area contributed by atoms with E-state index in [1.807, 2.05) is 31.2 Å². The van der Waals surface area contributed by atoms with Crippen molar-refractivity contribution in [1.82, 2.24) is 4.98 Å². The van der Waals surface area contributed by atoms with Crippen LogP contribution in [0.5, 0.6) is 0 Å². The molecule has 1 aromatic heterocycles. The van der Waals surface area contributed by atoms with Crippen LogP contribution in [0.25, 0.3) is 0 Å². The second kappa shape index (κ2) is 6.35. The smallest absolute Gasteiger partial charge is 0.242 e. The van der Waals surface area contributed by atoms with Crippen molar-refractivity contribution < 1.29 is 4.79 Å². The summed E-state index contributed by atoms with van der Waals surface area (Å²) in [5, 5.41) is 4.03. The predicted molar refractivity (Wildman–Crippen MR) is 83.4 cm³/mol. The van der Waals surface area contributed by atoms with E-state index in [4.69, 9.17) is 17.3 Å². The summed E-state index contributed by atoms with van der Waals surface area (Å²) >= 11 is 7.61. The lowest BCUT2D eigenvalue weighted by atomic mass is 10.1. The molecule has 4 nitrogen and oxygen atoms in total. The van der Waals surface area contributed by atoms with Crippen molar-refractivity contribution in [2.24, 2.45) is 5.73 Å². The van der Waals surface area contributed by atoms with Crippen LogP contribution in [0.1, 0.15) is 23.1 Å². The molecule has 0 fully saturated rings. The van der Waals surface area contributed by atoms with Gasteiger partial charge in [0.15, 0.2) is 5.13 Å². The maximum absolute atomic E-state index is 11.6. The van der Waals surface area contributed by atoms with E-state index in [9.17, 15) is 4.79 Å². The predicted octanol–water partition coefficient (Wildman–Crippen LogP) is 2.98. The normalized spacial score (nSPS) is 12.2. The minimum absolute atomic E-state index is 0.233. The van der Waals surface area contributed by atoms with E-state index in [2.05, 4.69) is 10.3 Å². The third-order valence-corrected chi connectivity index (χ3v) is 4.29. The van der Waals surface area contributed by atoms with E-state index in [1.54, 1.807) is 6.92 Å². The van der Waals surface area contributed by atoms with Gasteiger partial charge in [-0.1, -0.05) is 29.8 Å². The second-order valence-corrected chi connectivity index (χ2v) is 6.06. The molecule has 0 bridgehead atoms. The van der Waals surface area contributed by atoms with Crippen LogP contribution in [-0.2, 0) is 11.2 Å². The summed E-state index contributed by atoms with van der Waals surface area (Å²) in [4.78, 5) is 17.0. The summed E-state index contributed by atoms with van der Waals surface area (Å²) in [6, 6.07) is 7.16. The Labute approximate surface area is 127 Å². The molecule has 0 saturated carbocycles. The van der Waals surface area contributed by atoms with Crippen molar-refractivity contribution in [3.63, 3.8) is 0 Å². The number of benzene rings is 1. The molecule has 0 aliphatic carbocycles. The summed E-state index contributed by atoms with van der Waals surface area (Å²) in [6.07, 6.45) is 0.706. The largest absolute Gasteiger partial charge is 0.320 e. The van der Waals surface area contributed by atoms with Crippen LogP contribution in [0, 0.1) is 6.92 Å². The van der Waals surface area contributed by atoms with Gasteiger partial charge in [0.05, 0.1) is 11.7 Å². The fourth-order valence-electron chi connectivity index (χ4n) is 1.68. The van der Waals surface area contributed by atoms with Gasteiger partial charge in [-0.2, -0.15) is 0 Å². The molecule has 0 saturated heterocycles. The van der Waals surface area contributed by atoms with Crippen LogP contribution in [0.2, 0.25) is 5.02 Å². The number of nitrogens with one attached hydrogen (secondary N) is 1. The molecule has 0 unspecified atom stereocenters. The highest BCUT2D eigenvalue weighted by atomic mass is 35.5. The maximum Gasteiger partial charge on any atom is 0.242 e. The first kappa shape index (κ1) is 15.0. The molecule has 3 N–H and O–H groups in total. The van der Waals surface area contributed by atoms with Crippen molar-refractivity contribution >= 4 is 34.0 Å². The minimum Gasteiger partial charge on any atom is -0.320 e. The first-order chi connectivity index (χ1) is 9.47. The Kier molecular flexibility index (Phi) is 4.75. The summed E-state index contributed by atoms with van der Waals surface area (Å²) in [7, 11) is 0. The lowest BCUT2D eigenvalue weighted by Gasteiger charge is -2.03. The van der Waals surface area contributed by atoms with E-state index in [1.165, 1.54) is 11.3 Å². The van der Waals surface area contributed by atoms with E-state index in [0.717, 1.165) is 21.2 Å². The van der Waals surface area contributed by atoms with Gasteiger partial charge in [0, 0.05) is 16.3 Å². The summed E-state index contributed by atoms with van der Waals surface area (Å²) in [5.74, 6) is -0.233. The number of carbonyl (C=O) groups is 1. The van der Waals surface area contributed by atoms with Crippen LogP contribution < -0.4 is 11.1 Å². The quantitative estimate of drug-likeness (QED) is 0.912. The average molecular weight is 310 g/mol. The Morgan fingerprint density at radius 1 is 1.50 bits per heavy atom. The number of aryl methyl sites for hydroxylation is 1. The molecular weight excluding hydrogens is 294 g/mol. The Bertz CT molecular complexity index is 625. The van der Waals surface area contributed by atoms with Gasteiger partial charge >= 0.3 is 0 Å². The van der Waals surface area contributed by atoms with Crippen molar-refractivity contribution in [1.29, 1.82) is 0 Å². The van der Waals surface area contributed by atoms with Gasteiger partial charge < -0.3 is 11.1 Å². The van der Waals surface area contributed by atoms with E-state index in [-0.39, 0.29) is 5.91 Å². The molecule has 20 heavy (non-hydrogen) atoms. The van der Waals surface area contributed by atoms with Crippen LogP contribution in [0.4, 0.5) is 5.13 Å². The molecule has 6 heteroatoms. The molecule has 1 atom stereocenters. The van der Waals surface area contributed by atoms with E-state index < -0.39 is 6.04 Å². The Morgan fingerprint density at radius 2 is 2.20 bits per heavy atom. The lowest BCUT2D eigenvalue weighted by molar-refractivity contribution is -0.117. The molecular formula is C14H16ClN3OS. The number of aromatic nitrogens is 1. The Balaban J connectivity index is 2.16. The number of amides is 1. The molecule has 2 aromatic rings. The van der Waals surface area contributed by atoms with Crippen molar-refractivity contribution in [2.45, 2.75) is 26.3 Å². The average Bonchev–Trinajstić information content (AvgIpc) is 2.72. The molecule has 0 radical (unpaired) electrons. The molecule has 1 aromatic carbocycles. The number of carbonyl (C=O) groups excluding carboxylic acids is 1. The van der Waals surface area contributed by atoms with Crippen LogP contribution in [0.15, 0.2) is 24.3 Å². The molecule has 0 spiro atoms. The molecule has 2 rings (SSSR count). The van der Waals surface area contributed by atoms with Gasteiger partial charge in [-0.05, 0) is 25.5 Å².